The number of aryl methyl sites for hydroxylation is 2. The maximum atomic E-state index is 4.34. The van der Waals surface area contributed by atoms with Crippen molar-refractivity contribution in [1.82, 2.24) is 25.1 Å². The van der Waals surface area contributed by atoms with E-state index in [1.165, 1.54) is 9.88 Å². The molecule has 0 aromatic carbocycles. The molecule has 0 aliphatic carbocycles. The van der Waals surface area contributed by atoms with Gasteiger partial charge in [-0.15, -0.1) is 21.5 Å². The summed E-state index contributed by atoms with van der Waals surface area (Å²) in [5, 5.41) is 12.6. The smallest absolute Gasteiger partial charge is 0.149 e. The molecule has 0 saturated carbocycles. The van der Waals surface area contributed by atoms with Crippen molar-refractivity contribution in [2.45, 2.75) is 32.9 Å². The van der Waals surface area contributed by atoms with Crippen LogP contribution in [0.25, 0.3) is 0 Å². The van der Waals surface area contributed by atoms with Crippen LogP contribution in [-0.4, -0.2) is 19.7 Å². The second-order valence-corrected chi connectivity index (χ2v) is 5.18. The van der Waals surface area contributed by atoms with E-state index >= 15 is 0 Å². The van der Waals surface area contributed by atoms with Crippen LogP contribution in [0, 0.1) is 0 Å². The van der Waals surface area contributed by atoms with Gasteiger partial charge in [-0.1, -0.05) is 6.92 Å². The molecular formula is C11H17N5S. The molecule has 1 N–H and O–H groups in total. The predicted molar refractivity (Wildman–Crippen MR) is 67.7 cm³/mol. The quantitative estimate of drug-likeness (QED) is 0.878. The Morgan fingerprint density at radius 2 is 2.35 bits per heavy atom. The van der Waals surface area contributed by atoms with Crippen LogP contribution in [-0.2, 0) is 20.0 Å². The molecule has 1 unspecified atom stereocenters. The zero-order valence-corrected chi connectivity index (χ0v) is 11.2. The van der Waals surface area contributed by atoms with E-state index in [1.807, 2.05) is 17.8 Å². The maximum absolute atomic E-state index is 4.34. The normalized spacial score (nSPS) is 12.9. The zero-order chi connectivity index (χ0) is 12.3. The Morgan fingerprint density at radius 3 is 2.94 bits per heavy atom. The third-order valence-electron chi connectivity index (χ3n) is 2.62. The van der Waals surface area contributed by atoms with Gasteiger partial charge in [-0.3, -0.25) is 0 Å². The highest BCUT2D eigenvalue weighted by Gasteiger charge is 2.11. The third kappa shape index (κ3) is 2.89. The molecular weight excluding hydrogens is 234 g/mol. The van der Waals surface area contributed by atoms with Crippen molar-refractivity contribution in [1.29, 1.82) is 0 Å². The van der Waals surface area contributed by atoms with Gasteiger partial charge in [0.05, 0.1) is 11.0 Å². The van der Waals surface area contributed by atoms with Gasteiger partial charge in [0, 0.05) is 24.7 Å². The Morgan fingerprint density at radius 1 is 1.53 bits per heavy atom. The van der Waals surface area contributed by atoms with E-state index in [0.717, 1.165) is 18.8 Å². The number of nitrogens with one attached hydrogen (secondary N) is 1. The van der Waals surface area contributed by atoms with Crippen molar-refractivity contribution in [3.63, 3.8) is 0 Å². The number of thiazole rings is 1. The lowest BCUT2D eigenvalue weighted by atomic mass is 10.3. The molecule has 5 nitrogen and oxygen atoms in total. The fourth-order valence-corrected chi connectivity index (χ4v) is 2.44. The van der Waals surface area contributed by atoms with Crippen LogP contribution in [0.15, 0.2) is 12.5 Å². The largest absolute Gasteiger partial charge is 0.319 e. The van der Waals surface area contributed by atoms with Crippen LogP contribution < -0.4 is 5.32 Å². The predicted octanol–water partition coefficient (Wildman–Crippen LogP) is 1.68. The van der Waals surface area contributed by atoms with Crippen molar-refractivity contribution in [3.8, 4) is 0 Å². The Hall–Kier alpha value is -1.27. The topological polar surface area (TPSA) is 55.6 Å². The Bertz CT molecular complexity index is 476. The van der Waals surface area contributed by atoms with Crippen molar-refractivity contribution in [2.75, 3.05) is 0 Å². The van der Waals surface area contributed by atoms with Gasteiger partial charge in [0.25, 0.3) is 0 Å². The van der Waals surface area contributed by atoms with Crippen molar-refractivity contribution in [2.24, 2.45) is 7.05 Å². The van der Waals surface area contributed by atoms with Gasteiger partial charge in [0.1, 0.15) is 12.2 Å². The fourth-order valence-electron chi connectivity index (χ4n) is 1.62. The monoisotopic (exact) mass is 251 g/mol. The second kappa shape index (κ2) is 5.37. The molecule has 0 aliphatic heterocycles. The number of hydrogen-bond donors (Lipinski definition) is 1. The summed E-state index contributed by atoms with van der Waals surface area (Å²) >= 11 is 1.76. The van der Waals surface area contributed by atoms with Crippen molar-refractivity contribution in [3.05, 3.63) is 28.2 Å². The highest BCUT2D eigenvalue weighted by Crippen LogP contribution is 2.15. The summed E-state index contributed by atoms with van der Waals surface area (Å²) in [6.07, 6.45) is 4.67. The molecule has 6 heteroatoms. The summed E-state index contributed by atoms with van der Waals surface area (Å²) in [5.41, 5.74) is 0. The maximum Gasteiger partial charge on any atom is 0.149 e. The molecule has 92 valence electrons. The zero-order valence-electron chi connectivity index (χ0n) is 10.3. The van der Waals surface area contributed by atoms with E-state index < -0.39 is 0 Å². The van der Waals surface area contributed by atoms with Gasteiger partial charge in [0.2, 0.25) is 0 Å². The summed E-state index contributed by atoms with van der Waals surface area (Å²) in [4.78, 5) is 5.60. The molecule has 2 rings (SSSR count). The first-order valence-corrected chi connectivity index (χ1v) is 6.53. The summed E-state index contributed by atoms with van der Waals surface area (Å²) in [5.74, 6) is 0.949. The van der Waals surface area contributed by atoms with Crippen LogP contribution in [0.4, 0.5) is 0 Å². The first-order valence-electron chi connectivity index (χ1n) is 5.71. The molecule has 0 saturated heterocycles. The molecule has 17 heavy (non-hydrogen) atoms. The highest BCUT2D eigenvalue weighted by molar-refractivity contribution is 7.11. The molecule has 0 amide bonds. The fraction of sp³-hybridized carbons (Fsp3) is 0.545. The van der Waals surface area contributed by atoms with E-state index in [-0.39, 0.29) is 6.04 Å². The number of hydrogen-bond acceptors (Lipinski definition) is 5. The molecule has 1 atom stereocenters. The lowest BCUT2D eigenvalue weighted by molar-refractivity contribution is 0.531. The van der Waals surface area contributed by atoms with E-state index in [2.05, 4.69) is 34.3 Å². The third-order valence-corrected chi connectivity index (χ3v) is 3.76. The SMILES string of the molecule is CCc1ncc(CNC(C)c2nncn2C)s1. The average molecular weight is 251 g/mol. The van der Waals surface area contributed by atoms with Crippen molar-refractivity contribution < 1.29 is 0 Å². The summed E-state index contributed by atoms with van der Waals surface area (Å²) in [6, 6.07) is 0.190. The van der Waals surface area contributed by atoms with Crippen LogP contribution in [0.3, 0.4) is 0 Å². The minimum Gasteiger partial charge on any atom is -0.319 e. The van der Waals surface area contributed by atoms with Gasteiger partial charge >= 0.3 is 0 Å². The second-order valence-electron chi connectivity index (χ2n) is 3.98. The molecule has 2 aromatic rings. The molecule has 2 aromatic heterocycles. The molecule has 2 heterocycles. The van der Waals surface area contributed by atoms with Crippen LogP contribution in [0.5, 0.6) is 0 Å². The Balaban J connectivity index is 1.92. The van der Waals surface area contributed by atoms with Crippen LogP contribution in [0.1, 0.15) is 35.6 Å². The lowest BCUT2D eigenvalue weighted by Crippen LogP contribution is -2.20. The number of nitrogens with zero attached hydrogens (tertiary/aromatic N) is 4. The molecule has 0 aliphatic rings. The average Bonchev–Trinajstić information content (AvgIpc) is 2.94. The number of rotatable bonds is 5. The molecule has 0 radical (unpaired) electrons. The first-order chi connectivity index (χ1) is 8.20. The van der Waals surface area contributed by atoms with E-state index in [9.17, 15) is 0 Å². The van der Waals surface area contributed by atoms with E-state index in [0.29, 0.717) is 0 Å². The van der Waals surface area contributed by atoms with Crippen LogP contribution >= 0.6 is 11.3 Å². The van der Waals surface area contributed by atoms with Crippen LogP contribution in [0.2, 0.25) is 0 Å². The van der Waals surface area contributed by atoms with E-state index in [1.54, 1.807) is 17.7 Å². The number of aromatic nitrogens is 4. The standard InChI is InChI=1S/C11H17N5S/c1-4-10-13-6-9(17-10)5-12-8(2)11-15-14-7-16(11)3/h6-8,12H,4-5H2,1-3H3. The molecule has 0 bridgehead atoms. The Labute approximate surface area is 105 Å². The molecule has 0 fully saturated rings. The minimum absolute atomic E-state index is 0.190. The lowest BCUT2D eigenvalue weighted by Gasteiger charge is -2.11. The van der Waals surface area contributed by atoms with E-state index in [4.69, 9.17) is 0 Å². The Kier molecular flexibility index (Phi) is 3.86. The minimum atomic E-state index is 0.190. The molecule has 0 spiro atoms. The van der Waals surface area contributed by atoms with Gasteiger partial charge in [-0.2, -0.15) is 0 Å². The summed E-state index contributed by atoms with van der Waals surface area (Å²) in [7, 11) is 1.95. The van der Waals surface area contributed by atoms with Gasteiger partial charge in [-0.05, 0) is 13.3 Å². The summed E-state index contributed by atoms with van der Waals surface area (Å²) in [6.45, 7) is 5.04. The van der Waals surface area contributed by atoms with Gasteiger partial charge in [-0.25, -0.2) is 4.98 Å². The van der Waals surface area contributed by atoms with Gasteiger partial charge in [0.15, 0.2) is 0 Å². The highest BCUT2D eigenvalue weighted by atomic mass is 32.1. The summed E-state index contributed by atoms with van der Waals surface area (Å²) < 4.78 is 1.93. The van der Waals surface area contributed by atoms with Crippen molar-refractivity contribution >= 4 is 11.3 Å². The van der Waals surface area contributed by atoms with Gasteiger partial charge < -0.3 is 9.88 Å². The first kappa shape index (κ1) is 12.2.